The third-order valence-electron chi connectivity index (χ3n) is 3.69. The van der Waals surface area contributed by atoms with Gasteiger partial charge in [0.25, 0.3) is 0 Å². The van der Waals surface area contributed by atoms with E-state index in [-0.39, 0.29) is 0 Å². The molecule has 3 unspecified atom stereocenters. The van der Waals surface area contributed by atoms with E-state index in [4.69, 9.17) is 0 Å². The second-order valence-electron chi connectivity index (χ2n) is 5.28. The molecule has 1 N–H and O–H groups in total. The molecule has 1 saturated carbocycles. The molecular formula is C15H23N. The highest BCUT2D eigenvalue weighted by Crippen LogP contribution is 2.41. The first-order valence-electron chi connectivity index (χ1n) is 6.53. The molecule has 0 spiro atoms. The molecule has 0 bridgehead atoms. The van der Waals surface area contributed by atoms with Gasteiger partial charge in [-0.1, -0.05) is 51.1 Å². The van der Waals surface area contributed by atoms with Gasteiger partial charge in [0, 0.05) is 18.0 Å². The molecule has 1 nitrogen and oxygen atoms in total. The molecule has 1 aromatic rings. The highest BCUT2D eigenvalue weighted by Gasteiger charge is 2.39. The van der Waals surface area contributed by atoms with Crippen molar-refractivity contribution < 1.29 is 0 Å². The second kappa shape index (κ2) is 5.01. The number of hydrogen-bond acceptors (Lipinski definition) is 1. The van der Waals surface area contributed by atoms with E-state index in [1.807, 2.05) is 0 Å². The minimum absolute atomic E-state index is 0.679. The topological polar surface area (TPSA) is 12.0 Å². The van der Waals surface area contributed by atoms with Gasteiger partial charge >= 0.3 is 0 Å². The molecule has 0 aliphatic heterocycles. The van der Waals surface area contributed by atoms with Crippen LogP contribution in [0.15, 0.2) is 30.3 Å². The van der Waals surface area contributed by atoms with Gasteiger partial charge in [0.1, 0.15) is 0 Å². The second-order valence-corrected chi connectivity index (χ2v) is 5.28. The summed E-state index contributed by atoms with van der Waals surface area (Å²) >= 11 is 0. The van der Waals surface area contributed by atoms with Crippen LogP contribution in [-0.4, -0.2) is 12.1 Å². The molecule has 0 radical (unpaired) electrons. The van der Waals surface area contributed by atoms with Gasteiger partial charge in [0.2, 0.25) is 0 Å². The Morgan fingerprint density at radius 1 is 1.25 bits per heavy atom. The lowest BCUT2D eigenvalue weighted by atomic mass is 10.0. The van der Waals surface area contributed by atoms with Crippen LogP contribution in [0.5, 0.6) is 0 Å². The molecule has 1 fully saturated rings. The van der Waals surface area contributed by atoms with Gasteiger partial charge in [-0.15, -0.1) is 0 Å². The first kappa shape index (κ1) is 11.7. The van der Waals surface area contributed by atoms with Crippen LogP contribution in [0, 0.1) is 5.92 Å². The molecule has 1 aliphatic rings. The van der Waals surface area contributed by atoms with Crippen molar-refractivity contribution in [3.63, 3.8) is 0 Å². The molecule has 1 aromatic carbocycles. The number of hydrogen-bond donors (Lipinski definition) is 1. The Hall–Kier alpha value is -0.820. The van der Waals surface area contributed by atoms with Gasteiger partial charge in [0.15, 0.2) is 0 Å². The maximum absolute atomic E-state index is 3.79. The Labute approximate surface area is 99.3 Å². The maximum Gasteiger partial charge on any atom is 0.0145 e. The SMILES string of the molecule is CCC(NC1CC1c1ccccc1)C(C)C. The standard InChI is InChI=1S/C15H23N/c1-4-14(11(2)3)16-15-10-13(15)12-8-6-5-7-9-12/h5-9,11,13-16H,4,10H2,1-3H3. The molecule has 1 heteroatoms. The summed E-state index contributed by atoms with van der Waals surface area (Å²) in [6, 6.07) is 12.3. The normalized spacial score (nSPS) is 25.8. The summed E-state index contributed by atoms with van der Waals surface area (Å²) in [5.74, 6) is 1.50. The van der Waals surface area contributed by atoms with E-state index in [1.165, 1.54) is 18.4 Å². The minimum Gasteiger partial charge on any atom is -0.310 e. The van der Waals surface area contributed by atoms with Crippen molar-refractivity contribution in [2.75, 3.05) is 0 Å². The lowest BCUT2D eigenvalue weighted by molar-refractivity contribution is 0.384. The highest BCUT2D eigenvalue weighted by atomic mass is 15.0. The zero-order valence-electron chi connectivity index (χ0n) is 10.6. The van der Waals surface area contributed by atoms with Crippen molar-refractivity contribution in [1.29, 1.82) is 0 Å². The first-order valence-corrected chi connectivity index (χ1v) is 6.53. The zero-order chi connectivity index (χ0) is 11.5. The number of benzene rings is 1. The van der Waals surface area contributed by atoms with Crippen molar-refractivity contribution in [1.82, 2.24) is 5.32 Å². The fourth-order valence-corrected chi connectivity index (χ4v) is 2.50. The molecule has 0 heterocycles. The fraction of sp³-hybridized carbons (Fsp3) is 0.600. The summed E-state index contributed by atoms with van der Waals surface area (Å²) in [5, 5.41) is 3.79. The van der Waals surface area contributed by atoms with Crippen LogP contribution < -0.4 is 5.32 Å². The molecule has 0 amide bonds. The quantitative estimate of drug-likeness (QED) is 0.795. The fourth-order valence-electron chi connectivity index (χ4n) is 2.50. The average molecular weight is 217 g/mol. The summed E-state index contributed by atoms with van der Waals surface area (Å²) in [6.45, 7) is 6.89. The van der Waals surface area contributed by atoms with E-state index >= 15 is 0 Å². The monoisotopic (exact) mass is 217 g/mol. The summed E-state index contributed by atoms with van der Waals surface area (Å²) < 4.78 is 0. The van der Waals surface area contributed by atoms with Gasteiger partial charge in [0.05, 0.1) is 0 Å². The number of nitrogens with one attached hydrogen (secondary N) is 1. The lowest BCUT2D eigenvalue weighted by Crippen LogP contribution is -2.35. The van der Waals surface area contributed by atoms with Crippen LogP contribution in [0.3, 0.4) is 0 Å². The van der Waals surface area contributed by atoms with Crippen LogP contribution in [0.25, 0.3) is 0 Å². The third kappa shape index (κ3) is 2.65. The molecule has 88 valence electrons. The third-order valence-corrected chi connectivity index (χ3v) is 3.69. The van der Waals surface area contributed by atoms with Crippen molar-refractivity contribution in [3.8, 4) is 0 Å². The Kier molecular flexibility index (Phi) is 3.65. The van der Waals surface area contributed by atoms with Crippen LogP contribution in [-0.2, 0) is 0 Å². The van der Waals surface area contributed by atoms with Crippen LogP contribution in [0.2, 0.25) is 0 Å². The van der Waals surface area contributed by atoms with Crippen molar-refractivity contribution in [2.24, 2.45) is 5.92 Å². The largest absolute Gasteiger partial charge is 0.310 e. The summed E-state index contributed by atoms with van der Waals surface area (Å²) in [5.41, 5.74) is 1.50. The Balaban J connectivity index is 1.88. The smallest absolute Gasteiger partial charge is 0.0145 e. The molecule has 2 rings (SSSR count). The predicted molar refractivity (Wildman–Crippen MR) is 69.6 cm³/mol. The van der Waals surface area contributed by atoms with E-state index in [9.17, 15) is 0 Å². The summed E-state index contributed by atoms with van der Waals surface area (Å²) in [6.07, 6.45) is 2.54. The maximum atomic E-state index is 3.79. The van der Waals surface area contributed by atoms with E-state index < -0.39 is 0 Å². The van der Waals surface area contributed by atoms with Gasteiger partial charge in [-0.2, -0.15) is 0 Å². The van der Waals surface area contributed by atoms with Crippen molar-refractivity contribution in [2.45, 2.75) is 51.6 Å². The Bertz CT molecular complexity index is 317. The number of rotatable bonds is 5. The van der Waals surface area contributed by atoms with Gasteiger partial charge in [-0.05, 0) is 24.3 Å². The van der Waals surface area contributed by atoms with E-state index in [0.717, 1.165) is 17.9 Å². The summed E-state index contributed by atoms with van der Waals surface area (Å²) in [4.78, 5) is 0. The van der Waals surface area contributed by atoms with Crippen LogP contribution in [0.1, 0.15) is 45.1 Å². The Morgan fingerprint density at radius 2 is 1.94 bits per heavy atom. The highest BCUT2D eigenvalue weighted by molar-refractivity contribution is 5.27. The molecule has 3 atom stereocenters. The van der Waals surface area contributed by atoms with Crippen LogP contribution >= 0.6 is 0 Å². The first-order chi connectivity index (χ1) is 7.72. The lowest BCUT2D eigenvalue weighted by Gasteiger charge is -2.20. The van der Waals surface area contributed by atoms with E-state index in [2.05, 4.69) is 56.4 Å². The molecule has 0 saturated heterocycles. The minimum atomic E-state index is 0.679. The predicted octanol–water partition coefficient (Wildman–Crippen LogP) is 3.57. The van der Waals surface area contributed by atoms with Gasteiger partial charge in [-0.25, -0.2) is 0 Å². The van der Waals surface area contributed by atoms with Gasteiger partial charge in [-0.3, -0.25) is 0 Å². The molecular weight excluding hydrogens is 194 g/mol. The van der Waals surface area contributed by atoms with E-state index in [0.29, 0.717) is 6.04 Å². The van der Waals surface area contributed by atoms with E-state index in [1.54, 1.807) is 0 Å². The van der Waals surface area contributed by atoms with Crippen molar-refractivity contribution in [3.05, 3.63) is 35.9 Å². The Morgan fingerprint density at radius 3 is 2.50 bits per heavy atom. The van der Waals surface area contributed by atoms with Crippen LogP contribution in [0.4, 0.5) is 0 Å². The average Bonchev–Trinajstić information content (AvgIpc) is 3.06. The summed E-state index contributed by atoms with van der Waals surface area (Å²) in [7, 11) is 0. The molecule has 16 heavy (non-hydrogen) atoms. The molecule has 0 aromatic heterocycles. The van der Waals surface area contributed by atoms with Crippen molar-refractivity contribution >= 4 is 0 Å². The zero-order valence-corrected chi connectivity index (χ0v) is 10.6. The van der Waals surface area contributed by atoms with Gasteiger partial charge < -0.3 is 5.32 Å². The molecule has 1 aliphatic carbocycles.